The lowest BCUT2D eigenvalue weighted by molar-refractivity contribution is -0.0405. The van der Waals surface area contributed by atoms with Crippen molar-refractivity contribution >= 4 is 13.9 Å². The van der Waals surface area contributed by atoms with E-state index in [1.807, 2.05) is 6.07 Å². The molecule has 1 aromatic rings. The first-order valence-corrected chi connectivity index (χ1v) is 10.1. The molecule has 2 saturated carbocycles. The Labute approximate surface area is 155 Å². The maximum atomic E-state index is 11.1. The number of phosphoric ester groups is 1. The fourth-order valence-electron chi connectivity index (χ4n) is 4.18. The van der Waals surface area contributed by atoms with E-state index in [9.17, 15) is 4.57 Å². The Morgan fingerprint density at radius 2 is 1.92 bits per heavy atom. The maximum absolute atomic E-state index is 11.1. The van der Waals surface area contributed by atoms with Crippen molar-refractivity contribution in [1.82, 2.24) is 0 Å². The van der Waals surface area contributed by atoms with Gasteiger partial charge in [-0.25, -0.2) is 4.57 Å². The third kappa shape index (κ3) is 4.68. The van der Waals surface area contributed by atoms with Crippen molar-refractivity contribution in [2.45, 2.75) is 44.1 Å². The van der Waals surface area contributed by atoms with Gasteiger partial charge in [0.1, 0.15) is 11.5 Å². The molecule has 0 spiro atoms. The second kappa shape index (κ2) is 8.13. The fraction of sp³-hybridized carbons (Fsp3) is 0.526. The van der Waals surface area contributed by atoms with Crippen LogP contribution in [0.4, 0.5) is 0 Å². The van der Waals surface area contributed by atoms with Gasteiger partial charge in [-0.3, -0.25) is 9.79 Å². The van der Waals surface area contributed by atoms with Gasteiger partial charge in [-0.15, -0.1) is 0 Å². The highest BCUT2D eigenvalue weighted by atomic mass is 31.2. The lowest BCUT2D eigenvalue weighted by Crippen LogP contribution is -2.42. The van der Waals surface area contributed by atoms with E-state index in [2.05, 4.69) is 6.08 Å². The summed E-state index contributed by atoms with van der Waals surface area (Å²) in [6, 6.07) is 4.91. The number of hydrogen-bond acceptors (Lipinski definition) is 4. The minimum atomic E-state index is -4.62. The molecule has 144 valence electrons. The monoisotopic (exact) mass is 382 g/mol. The zero-order chi connectivity index (χ0) is 18.1. The van der Waals surface area contributed by atoms with Crippen molar-refractivity contribution in [3.05, 3.63) is 36.8 Å². The molecular weight excluding hydrogens is 355 g/mol. The van der Waals surface area contributed by atoms with E-state index in [4.69, 9.17) is 23.8 Å². The molecule has 6 nitrogen and oxygen atoms in total. The predicted molar refractivity (Wildman–Crippen MR) is 99.9 cm³/mol. The second-order valence-corrected chi connectivity index (χ2v) is 8.06. The van der Waals surface area contributed by atoms with Crippen molar-refractivity contribution in [1.29, 1.82) is 0 Å². The summed E-state index contributed by atoms with van der Waals surface area (Å²) < 4.78 is 27.1. The third-order valence-corrected chi connectivity index (χ3v) is 5.76. The van der Waals surface area contributed by atoms with Gasteiger partial charge in [0.15, 0.2) is 0 Å². The number of hydrogen-bond donors (Lipinski definition) is 2. The molecule has 26 heavy (non-hydrogen) atoms. The molecule has 1 aromatic carbocycles. The van der Waals surface area contributed by atoms with Crippen LogP contribution in [0.15, 0.2) is 23.8 Å². The quantitative estimate of drug-likeness (QED) is 0.741. The van der Waals surface area contributed by atoms with E-state index < -0.39 is 7.82 Å². The van der Waals surface area contributed by atoms with E-state index in [0.29, 0.717) is 5.75 Å². The highest BCUT2D eigenvalue weighted by molar-refractivity contribution is 7.46. The van der Waals surface area contributed by atoms with Crippen LogP contribution in [0.2, 0.25) is 0 Å². The summed E-state index contributed by atoms with van der Waals surface area (Å²) in [6.45, 7) is 0. The Hall–Kier alpha value is -1.33. The zero-order valence-electron chi connectivity index (χ0n) is 15.3. The molecule has 2 unspecified atom stereocenters. The maximum Gasteiger partial charge on any atom is 0.524 e. The lowest BCUT2D eigenvalue weighted by atomic mass is 9.66. The topological polar surface area (TPSA) is 85.2 Å². The van der Waals surface area contributed by atoms with Crippen LogP contribution in [0.3, 0.4) is 0 Å². The molecule has 0 saturated heterocycles. The molecular formula is C19H27O6P. The Balaban J connectivity index is 0.00000243. The van der Waals surface area contributed by atoms with E-state index in [0.717, 1.165) is 37.2 Å². The van der Waals surface area contributed by atoms with Crippen molar-refractivity contribution < 1.29 is 28.3 Å². The molecule has 0 aromatic heterocycles. The number of ether oxygens (including phenoxy) is 2. The molecule has 2 aliphatic carbocycles. The van der Waals surface area contributed by atoms with Crippen LogP contribution >= 0.6 is 7.82 Å². The molecule has 7 heteroatoms. The predicted octanol–water partition coefficient (Wildman–Crippen LogP) is 4.25. The molecule has 2 atom stereocenters. The summed E-state index contributed by atoms with van der Waals surface area (Å²) in [5, 5.41) is 0. The molecule has 2 N–H and O–H groups in total. The van der Waals surface area contributed by atoms with E-state index >= 15 is 0 Å². The molecule has 0 heterocycles. The van der Waals surface area contributed by atoms with Crippen LogP contribution in [0.1, 0.15) is 44.1 Å². The average molecular weight is 382 g/mol. The highest BCUT2D eigenvalue weighted by Gasteiger charge is 2.42. The van der Waals surface area contributed by atoms with Gasteiger partial charge >= 0.3 is 7.82 Å². The van der Waals surface area contributed by atoms with Gasteiger partial charge in [0, 0.05) is 13.2 Å². The minimum Gasteiger partial charge on any atom is -0.497 e. The second-order valence-electron chi connectivity index (χ2n) is 6.89. The van der Waals surface area contributed by atoms with Gasteiger partial charge in [0.25, 0.3) is 0 Å². The third-order valence-electron chi connectivity index (χ3n) is 5.31. The Kier molecular flexibility index (Phi) is 6.56. The summed E-state index contributed by atoms with van der Waals surface area (Å²) in [5.74, 6) is 1.30. The van der Waals surface area contributed by atoms with Crippen LogP contribution in [0.25, 0.3) is 6.08 Å². The number of rotatable bonds is 5. The normalized spacial score (nSPS) is 26.9. The van der Waals surface area contributed by atoms with Gasteiger partial charge < -0.3 is 14.0 Å². The first-order chi connectivity index (χ1) is 11.8. The first kappa shape index (κ1) is 21.0. The molecule has 0 amide bonds. The Morgan fingerprint density at radius 1 is 1.19 bits per heavy atom. The van der Waals surface area contributed by atoms with Crippen molar-refractivity contribution in [3.63, 3.8) is 0 Å². The Morgan fingerprint density at radius 3 is 2.58 bits per heavy atom. The molecule has 0 aliphatic heterocycles. The van der Waals surface area contributed by atoms with Gasteiger partial charge in [-0.1, -0.05) is 19.9 Å². The SMILES string of the molecule is COc1cc(C=C2CCC3CCCC2(OC)C3)cc(OP(=O)(O)O)c1.[CH2]. The Bertz CT molecular complexity index is 710. The molecule has 2 radical (unpaired) electrons. The van der Waals surface area contributed by atoms with Crippen LogP contribution in [0, 0.1) is 13.3 Å². The van der Waals surface area contributed by atoms with Crippen LogP contribution in [-0.2, 0) is 9.30 Å². The van der Waals surface area contributed by atoms with Gasteiger partial charge in [-0.05, 0) is 61.3 Å². The zero-order valence-corrected chi connectivity index (χ0v) is 16.2. The standard InChI is InChI=1S/C18H25O6P.CH2/c1-22-16-9-14(10-17(11-16)24-25(19,20)21)8-15-6-5-13-4-3-7-18(15,12-13)23-2;/h8-11,13H,3-7,12H2,1-2H3,(H2,19,20,21);1H2. The highest BCUT2D eigenvalue weighted by Crippen LogP contribution is 2.48. The van der Waals surface area contributed by atoms with Gasteiger partial charge in [0.05, 0.1) is 12.7 Å². The summed E-state index contributed by atoms with van der Waals surface area (Å²) in [7, 11) is -1.33. The van der Waals surface area contributed by atoms with Crippen LogP contribution in [0.5, 0.6) is 11.5 Å². The number of methoxy groups -OCH3 is 2. The average Bonchev–Trinajstić information content (AvgIpc) is 2.56. The molecule has 2 bridgehead atoms. The van der Waals surface area contributed by atoms with E-state index in [1.165, 1.54) is 31.6 Å². The molecule has 2 aliphatic rings. The van der Waals surface area contributed by atoms with Gasteiger partial charge in [-0.2, -0.15) is 0 Å². The largest absolute Gasteiger partial charge is 0.524 e. The number of phosphoric acid groups is 1. The summed E-state index contributed by atoms with van der Waals surface area (Å²) in [4.78, 5) is 18.1. The first-order valence-electron chi connectivity index (χ1n) is 8.54. The summed E-state index contributed by atoms with van der Waals surface area (Å²) >= 11 is 0. The molecule has 2 fully saturated rings. The number of fused-ring (bicyclic) bond motifs is 2. The molecule has 3 rings (SSSR count). The fourth-order valence-corrected chi connectivity index (χ4v) is 4.56. The van der Waals surface area contributed by atoms with Crippen molar-refractivity contribution in [2.75, 3.05) is 14.2 Å². The summed E-state index contributed by atoms with van der Waals surface area (Å²) in [5.41, 5.74) is 1.81. The van der Waals surface area contributed by atoms with Crippen LogP contribution < -0.4 is 9.26 Å². The summed E-state index contributed by atoms with van der Waals surface area (Å²) in [6.07, 6.45) is 8.70. The van der Waals surface area contributed by atoms with E-state index in [1.54, 1.807) is 13.2 Å². The van der Waals surface area contributed by atoms with Crippen molar-refractivity contribution in [3.8, 4) is 11.5 Å². The lowest BCUT2D eigenvalue weighted by Gasteiger charge is -2.46. The number of benzene rings is 1. The van der Waals surface area contributed by atoms with E-state index in [-0.39, 0.29) is 18.8 Å². The smallest absolute Gasteiger partial charge is 0.497 e. The van der Waals surface area contributed by atoms with Crippen LogP contribution in [-0.4, -0.2) is 29.6 Å². The minimum absolute atomic E-state index is 0. The van der Waals surface area contributed by atoms with Gasteiger partial charge in [0.2, 0.25) is 0 Å². The van der Waals surface area contributed by atoms with Crippen molar-refractivity contribution in [2.24, 2.45) is 5.92 Å².